The van der Waals surface area contributed by atoms with Gasteiger partial charge >= 0.3 is 0 Å². The summed E-state index contributed by atoms with van der Waals surface area (Å²) in [6.45, 7) is 2.85. The maximum atomic E-state index is 10.7. The summed E-state index contributed by atoms with van der Waals surface area (Å²) in [7, 11) is 0. The third-order valence-corrected chi connectivity index (χ3v) is 5.52. The van der Waals surface area contributed by atoms with Crippen molar-refractivity contribution in [1.29, 1.82) is 0 Å². The molecule has 1 aromatic rings. The SMILES string of the molecule is CCc1nnsc1C(O)C1CCOC2(CCCC2)C1. The molecule has 2 unspecified atom stereocenters. The number of nitrogens with zero attached hydrogens (tertiary/aromatic N) is 2. The number of rotatable bonds is 3. The van der Waals surface area contributed by atoms with Gasteiger partial charge in [-0.3, -0.25) is 0 Å². The van der Waals surface area contributed by atoms with E-state index in [1.807, 2.05) is 0 Å². The lowest BCUT2D eigenvalue weighted by molar-refractivity contribution is -0.113. The van der Waals surface area contributed by atoms with Crippen LogP contribution in [-0.4, -0.2) is 26.9 Å². The Bertz CT molecular complexity index is 429. The van der Waals surface area contributed by atoms with Gasteiger partial charge < -0.3 is 9.84 Å². The molecule has 1 aromatic heterocycles. The van der Waals surface area contributed by atoms with Crippen LogP contribution in [0.2, 0.25) is 0 Å². The summed E-state index contributed by atoms with van der Waals surface area (Å²) >= 11 is 1.35. The van der Waals surface area contributed by atoms with E-state index in [1.165, 1.54) is 24.4 Å². The number of aliphatic hydroxyl groups excluding tert-OH is 1. The van der Waals surface area contributed by atoms with Gasteiger partial charge in [0, 0.05) is 6.61 Å². The third kappa shape index (κ3) is 2.56. The molecule has 2 atom stereocenters. The summed E-state index contributed by atoms with van der Waals surface area (Å²) in [4.78, 5) is 0.975. The summed E-state index contributed by atoms with van der Waals surface area (Å²) in [5.41, 5.74) is 1.03. The first-order valence-corrected chi connectivity index (χ1v) is 8.14. The van der Waals surface area contributed by atoms with E-state index in [0.29, 0.717) is 5.92 Å². The minimum Gasteiger partial charge on any atom is -0.387 e. The molecule has 2 heterocycles. The third-order valence-electron chi connectivity index (χ3n) is 4.68. The maximum Gasteiger partial charge on any atom is 0.0947 e. The Morgan fingerprint density at radius 2 is 2.26 bits per heavy atom. The number of hydrogen-bond donors (Lipinski definition) is 1. The first-order chi connectivity index (χ1) is 9.24. The fourth-order valence-corrected chi connectivity index (χ4v) is 4.42. The van der Waals surface area contributed by atoms with Crippen LogP contribution in [0.4, 0.5) is 0 Å². The van der Waals surface area contributed by atoms with Crippen LogP contribution in [0.15, 0.2) is 0 Å². The fraction of sp³-hybridized carbons (Fsp3) is 0.857. The Balaban J connectivity index is 1.74. The highest BCUT2D eigenvalue weighted by Crippen LogP contribution is 2.45. The molecule has 4 nitrogen and oxygen atoms in total. The molecular formula is C14H22N2O2S. The van der Waals surface area contributed by atoms with E-state index >= 15 is 0 Å². The second-order valence-electron chi connectivity index (χ2n) is 5.87. The van der Waals surface area contributed by atoms with E-state index in [2.05, 4.69) is 16.5 Å². The molecule has 3 rings (SSSR count). The lowest BCUT2D eigenvalue weighted by Gasteiger charge is -2.39. The van der Waals surface area contributed by atoms with Gasteiger partial charge in [-0.25, -0.2) is 0 Å². The quantitative estimate of drug-likeness (QED) is 0.926. The van der Waals surface area contributed by atoms with Gasteiger partial charge in [-0.05, 0) is 49.6 Å². The zero-order chi connectivity index (χ0) is 13.3. The normalized spacial score (nSPS) is 27.8. The topological polar surface area (TPSA) is 55.2 Å². The van der Waals surface area contributed by atoms with Crippen LogP contribution in [0, 0.1) is 5.92 Å². The maximum absolute atomic E-state index is 10.7. The van der Waals surface area contributed by atoms with Gasteiger partial charge in [0.25, 0.3) is 0 Å². The average Bonchev–Trinajstić information content (AvgIpc) is 3.07. The molecule has 1 spiro atoms. The van der Waals surface area contributed by atoms with Crippen molar-refractivity contribution in [2.75, 3.05) is 6.61 Å². The van der Waals surface area contributed by atoms with Gasteiger partial charge in [0.1, 0.15) is 0 Å². The number of ether oxygens (including phenoxy) is 1. The van der Waals surface area contributed by atoms with Gasteiger partial charge in [-0.1, -0.05) is 24.3 Å². The van der Waals surface area contributed by atoms with Crippen molar-refractivity contribution in [3.05, 3.63) is 10.6 Å². The van der Waals surface area contributed by atoms with Crippen molar-refractivity contribution >= 4 is 11.5 Å². The average molecular weight is 282 g/mol. The van der Waals surface area contributed by atoms with Crippen LogP contribution in [0.5, 0.6) is 0 Å². The molecule has 1 aliphatic heterocycles. The molecule has 5 heteroatoms. The molecule has 1 saturated heterocycles. The van der Waals surface area contributed by atoms with Crippen LogP contribution in [0.1, 0.15) is 62.1 Å². The van der Waals surface area contributed by atoms with Crippen LogP contribution >= 0.6 is 11.5 Å². The van der Waals surface area contributed by atoms with E-state index in [0.717, 1.165) is 49.3 Å². The molecule has 0 bridgehead atoms. The van der Waals surface area contributed by atoms with E-state index < -0.39 is 6.10 Å². The molecule has 1 N–H and O–H groups in total. The van der Waals surface area contributed by atoms with Crippen molar-refractivity contribution in [3.63, 3.8) is 0 Å². The zero-order valence-corrected chi connectivity index (χ0v) is 12.3. The zero-order valence-electron chi connectivity index (χ0n) is 11.5. The van der Waals surface area contributed by atoms with Crippen molar-refractivity contribution in [3.8, 4) is 0 Å². The first kappa shape index (κ1) is 13.5. The number of aryl methyl sites for hydroxylation is 1. The molecule has 0 radical (unpaired) electrons. The number of aromatic nitrogens is 2. The summed E-state index contributed by atoms with van der Waals surface area (Å²) in [5, 5.41) is 14.8. The van der Waals surface area contributed by atoms with Gasteiger partial charge in [-0.2, -0.15) is 0 Å². The second kappa shape index (κ2) is 5.46. The summed E-state index contributed by atoms with van der Waals surface area (Å²) in [6.07, 6.45) is 7.25. The Kier molecular flexibility index (Phi) is 3.87. The van der Waals surface area contributed by atoms with Gasteiger partial charge in [-0.15, -0.1) is 5.10 Å². The van der Waals surface area contributed by atoms with Crippen molar-refractivity contribution in [2.45, 2.75) is 63.6 Å². The van der Waals surface area contributed by atoms with Crippen LogP contribution in [0.3, 0.4) is 0 Å². The number of hydrogen-bond acceptors (Lipinski definition) is 5. The second-order valence-corrected chi connectivity index (χ2v) is 6.66. The lowest BCUT2D eigenvalue weighted by atomic mass is 9.81. The minimum absolute atomic E-state index is 0.0639. The largest absolute Gasteiger partial charge is 0.387 e. The Morgan fingerprint density at radius 3 is 3.00 bits per heavy atom. The van der Waals surface area contributed by atoms with Gasteiger partial charge in [0.2, 0.25) is 0 Å². The molecular weight excluding hydrogens is 260 g/mol. The smallest absolute Gasteiger partial charge is 0.0947 e. The molecule has 2 aliphatic rings. The van der Waals surface area contributed by atoms with E-state index in [9.17, 15) is 5.11 Å². The summed E-state index contributed by atoms with van der Waals surface area (Å²) in [5.74, 6) is 0.305. The van der Waals surface area contributed by atoms with Crippen molar-refractivity contribution in [1.82, 2.24) is 9.59 Å². The predicted molar refractivity (Wildman–Crippen MR) is 74.1 cm³/mol. The number of aliphatic hydroxyl groups is 1. The van der Waals surface area contributed by atoms with Crippen LogP contribution in [0.25, 0.3) is 0 Å². The molecule has 19 heavy (non-hydrogen) atoms. The highest BCUT2D eigenvalue weighted by molar-refractivity contribution is 7.05. The molecule has 1 aliphatic carbocycles. The van der Waals surface area contributed by atoms with E-state index in [4.69, 9.17) is 4.74 Å². The fourth-order valence-electron chi connectivity index (χ4n) is 3.60. The molecule has 2 fully saturated rings. The highest BCUT2D eigenvalue weighted by atomic mass is 32.1. The molecule has 0 amide bonds. The lowest BCUT2D eigenvalue weighted by Crippen LogP contribution is -2.39. The first-order valence-electron chi connectivity index (χ1n) is 7.37. The summed E-state index contributed by atoms with van der Waals surface area (Å²) in [6, 6.07) is 0. The van der Waals surface area contributed by atoms with E-state index in [1.54, 1.807) is 0 Å². The Hall–Kier alpha value is -0.520. The predicted octanol–water partition coefficient (Wildman–Crippen LogP) is 2.87. The van der Waals surface area contributed by atoms with E-state index in [-0.39, 0.29) is 5.60 Å². The van der Waals surface area contributed by atoms with Gasteiger partial charge in [0.05, 0.1) is 22.3 Å². The summed E-state index contributed by atoms with van der Waals surface area (Å²) < 4.78 is 10.0. The van der Waals surface area contributed by atoms with Crippen molar-refractivity contribution in [2.24, 2.45) is 5.92 Å². The Labute approximate surface area is 118 Å². The highest BCUT2D eigenvalue weighted by Gasteiger charge is 2.42. The monoisotopic (exact) mass is 282 g/mol. The Morgan fingerprint density at radius 1 is 1.47 bits per heavy atom. The standard InChI is InChI=1S/C14H22N2O2S/c1-2-11-13(19-16-15-11)12(17)10-5-8-18-14(9-10)6-3-4-7-14/h10,12,17H,2-9H2,1H3. The molecule has 106 valence electrons. The van der Waals surface area contributed by atoms with Crippen molar-refractivity contribution < 1.29 is 9.84 Å². The van der Waals surface area contributed by atoms with Gasteiger partial charge in [0.15, 0.2) is 0 Å². The molecule has 0 aromatic carbocycles. The minimum atomic E-state index is -0.406. The van der Waals surface area contributed by atoms with Crippen LogP contribution < -0.4 is 0 Å². The molecule has 1 saturated carbocycles. The van der Waals surface area contributed by atoms with Crippen LogP contribution in [-0.2, 0) is 11.2 Å².